The van der Waals surface area contributed by atoms with E-state index < -0.39 is 0 Å². The van der Waals surface area contributed by atoms with Crippen molar-refractivity contribution < 1.29 is 0 Å². The lowest BCUT2D eigenvalue weighted by Crippen LogP contribution is -2.31. The smallest absolute Gasteiger partial charge is 0.00162 e. The molecule has 0 N–H and O–H groups in total. The zero-order chi connectivity index (χ0) is 10.3. The van der Waals surface area contributed by atoms with Gasteiger partial charge in [0.05, 0.1) is 0 Å². The standard InChI is InChI=1S/C11H26N2/c1-6-7-8-13(5)10-11(2)9-12(3)4/h11H,6-10H2,1-5H3. The Morgan fingerprint density at radius 3 is 2.15 bits per heavy atom. The minimum atomic E-state index is 0.775. The second-order valence-electron chi connectivity index (χ2n) is 4.48. The third kappa shape index (κ3) is 8.26. The van der Waals surface area contributed by atoms with Crippen LogP contribution in [-0.4, -0.2) is 50.6 Å². The molecule has 0 amide bonds. The molecule has 1 unspecified atom stereocenters. The lowest BCUT2D eigenvalue weighted by Gasteiger charge is -2.23. The van der Waals surface area contributed by atoms with E-state index in [0.717, 1.165) is 5.92 Å². The zero-order valence-electron chi connectivity index (χ0n) is 10.0. The highest BCUT2D eigenvalue weighted by Gasteiger charge is 2.06. The second kappa shape index (κ2) is 7.34. The van der Waals surface area contributed by atoms with Crippen LogP contribution in [0.5, 0.6) is 0 Å². The molecular weight excluding hydrogens is 160 g/mol. The highest BCUT2D eigenvalue weighted by Crippen LogP contribution is 2.00. The highest BCUT2D eigenvalue weighted by atomic mass is 15.1. The normalized spacial score (nSPS) is 14.1. The van der Waals surface area contributed by atoms with E-state index in [1.807, 2.05) is 0 Å². The van der Waals surface area contributed by atoms with Crippen molar-refractivity contribution in [1.29, 1.82) is 0 Å². The third-order valence-electron chi connectivity index (χ3n) is 2.19. The molecular formula is C11H26N2. The Labute approximate surface area is 83.9 Å². The lowest BCUT2D eigenvalue weighted by molar-refractivity contribution is 0.242. The maximum Gasteiger partial charge on any atom is 0.00162 e. The van der Waals surface area contributed by atoms with E-state index >= 15 is 0 Å². The van der Waals surface area contributed by atoms with Gasteiger partial charge in [0.1, 0.15) is 0 Å². The average Bonchev–Trinajstić information content (AvgIpc) is 1.98. The SMILES string of the molecule is CCCCN(C)CC(C)CN(C)C. The molecule has 0 saturated heterocycles. The molecule has 0 spiro atoms. The summed E-state index contributed by atoms with van der Waals surface area (Å²) in [4.78, 5) is 4.70. The molecule has 80 valence electrons. The van der Waals surface area contributed by atoms with Crippen molar-refractivity contribution in [2.24, 2.45) is 5.92 Å². The van der Waals surface area contributed by atoms with Crippen LogP contribution in [0.3, 0.4) is 0 Å². The average molecular weight is 186 g/mol. The van der Waals surface area contributed by atoms with Gasteiger partial charge in [0.25, 0.3) is 0 Å². The second-order valence-corrected chi connectivity index (χ2v) is 4.48. The van der Waals surface area contributed by atoms with E-state index in [1.165, 1.54) is 32.5 Å². The Balaban J connectivity index is 3.46. The molecule has 0 bridgehead atoms. The van der Waals surface area contributed by atoms with Crippen LogP contribution in [0.2, 0.25) is 0 Å². The monoisotopic (exact) mass is 186 g/mol. The van der Waals surface area contributed by atoms with Crippen LogP contribution in [0.15, 0.2) is 0 Å². The highest BCUT2D eigenvalue weighted by molar-refractivity contribution is 4.61. The summed E-state index contributed by atoms with van der Waals surface area (Å²) in [5, 5.41) is 0. The summed E-state index contributed by atoms with van der Waals surface area (Å²) in [6, 6.07) is 0. The number of nitrogens with zero attached hydrogens (tertiary/aromatic N) is 2. The molecule has 0 heterocycles. The van der Waals surface area contributed by atoms with Crippen LogP contribution >= 0.6 is 0 Å². The van der Waals surface area contributed by atoms with Gasteiger partial charge in [0, 0.05) is 13.1 Å². The molecule has 0 rings (SSSR count). The minimum absolute atomic E-state index is 0.775. The van der Waals surface area contributed by atoms with Gasteiger partial charge < -0.3 is 9.80 Å². The van der Waals surface area contributed by atoms with Crippen LogP contribution in [0.1, 0.15) is 26.7 Å². The molecule has 0 saturated carbocycles. The minimum Gasteiger partial charge on any atom is -0.309 e. The van der Waals surface area contributed by atoms with Gasteiger partial charge in [0.15, 0.2) is 0 Å². The Morgan fingerprint density at radius 1 is 1.08 bits per heavy atom. The molecule has 2 nitrogen and oxygen atoms in total. The summed E-state index contributed by atoms with van der Waals surface area (Å²) < 4.78 is 0. The van der Waals surface area contributed by atoms with Gasteiger partial charge in [-0.2, -0.15) is 0 Å². The first-order chi connectivity index (χ1) is 6.06. The lowest BCUT2D eigenvalue weighted by atomic mass is 10.1. The summed E-state index contributed by atoms with van der Waals surface area (Å²) in [5.41, 5.74) is 0. The Hall–Kier alpha value is -0.0800. The first-order valence-corrected chi connectivity index (χ1v) is 5.39. The maximum atomic E-state index is 2.44. The van der Waals surface area contributed by atoms with Gasteiger partial charge in [0.2, 0.25) is 0 Å². The molecule has 0 aliphatic heterocycles. The quantitative estimate of drug-likeness (QED) is 0.599. The maximum absolute atomic E-state index is 2.44. The van der Waals surface area contributed by atoms with Gasteiger partial charge in [-0.3, -0.25) is 0 Å². The van der Waals surface area contributed by atoms with Gasteiger partial charge >= 0.3 is 0 Å². The van der Waals surface area contributed by atoms with Gasteiger partial charge in [-0.15, -0.1) is 0 Å². The van der Waals surface area contributed by atoms with Gasteiger partial charge in [-0.25, -0.2) is 0 Å². The largest absolute Gasteiger partial charge is 0.309 e. The fraction of sp³-hybridized carbons (Fsp3) is 1.00. The van der Waals surface area contributed by atoms with Crippen molar-refractivity contribution in [3.63, 3.8) is 0 Å². The van der Waals surface area contributed by atoms with Gasteiger partial charge in [-0.1, -0.05) is 20.3 Å². The first kappa shape index (κ1) is 12.9. The van der Waals surface area contributed by atoms with Crippen LogP contribution in [0, 0.1) is 5.92 Å². The Bertz CT molecular complexity index is 113. The van der Waals surface area contributed by atoms with Crippen molar-refractivity contribution in [3.05, 3.63) is 0 Å². The van der Waals surface area contributed by atoms with Crippen molar-refractivity contribution in [2.45, 2.75) is 26.7 Å². The Morgan fingerprint density at radius 2 is 1.69 bits per heavy atom. The number of hydrogen-bond acceptors (Lipinski definition) is 2. The molecule has 13 heavy (non-hydrogen) atoms. The summed E-state index contributed by atoms with van der Waals surface area (Å²) in [5.74, 6) is 0.775. The fourth-order valence-electron chi connectivity index (χ4n) is 1.73. The van der Waals surface area contributed by atoms with Crippen LogP contribution in [0.25, 0.3) is 0 Å². The summed E-state index contributed by atoms with van der Waals surface area (Å²) in [6.07, 6.45) is 2.62. The molecule has 1 atom stereocenters. The Kier molecular flexibility index (Phi) is 7.29. The number of hydrogen-bond donors (Lipinski definition) is 0. The predicted octanol–water partition coefficient (Wildman–Crippen LogP) is 1.92. The van der Waals surface area contributed by atoms with Crippen molar-refractivity contribution in [2.75, 3.05) is 40.8 Å². The topological polar surface area (TPSA) is 6.48 Å². The predicted molar refractivity (Wildman–Crippen MR) is 60.1 cm³/mol. The van der Waals surface area contributed by atoms with E-state index in [-0.39, 0.29) is 0 Å². The molecule has 0 aliphatic carbocycles. The summed E-state index contributed by atoms with van der Waals surface area (Å²) in [6.45, 7) is 8.22. The molecule has 0 aromatic rings. The van der Waals surface area contributed by atoms with E-state index in [2.05, 4.69) is 44.8 Å². The molecule has 2 heteroatoms. The van der Waals surface area contributed by atoms with Crippen molar-refractivity contribution >= 4 is 0 Å². The van der Waals surface area contributed by atoms with Crippen LogP contribution in [-0.2, 0) is 0 Å². The van der Waals surface area contributed by atoms with E-state index in [9.17, 15) is 0 Å². The molecule has 0 aromatic carbocycles. The van der Waals surface area contributed by atoms with Crippen LogP contribution in [0.4, 0.5) is 0 Å². The molecule has 0 aliphatic rings. The molecule has 0 aromatic heterocycles. The molecule has 0 fully saturated rings. The van der Waals surface area contributed by atoms with E-state index in [0.29, 0.717) is 0 Å². The third-order valence-corrected chi connectivity index (χ3v) is 2.19. The van der Waals surface area contributed by atoms with Crippen molar-refractivity contribution in [1.82, 2.24) is 9.80 Å². The molecule has 0 radical (unpaired) electrons. The van der Waals surface area contributed by atoms with E-state index in [4.69, 9.17) is 0 Å². The van der Waals surface area contributed by atoms with Crippen molar-refractivity contribution in [3.8, 4) is 0 Å². The van der Waals surface area contributed by atoms with E-state index in [1.54, 1.807) is 0 Å². The first-order valence-electron chi connectivity index (χ1n) is 5.39. The summed E-state index contributed by atoms with van der Waals surface area (Å²) >= 11 is 0. The zero-order valence-corrected chi connectivity index (χ0v) is 10.0. The number of unbranched alkanes of at least 4 members (excludes halogenated alkanes) is 1. The number of rotatable bonds is 7. The fourth-order valence-corrected chi connectivity index (χ4v) is 1.73. The summed E-state index contributed by atoms with van der Waals surface area (Å²) in [7, 11) is 6.51. The van der Waals surface area contributed by atoms with Crippen LogP contribution < -0.4 is 0 Å². The van der Waals surface area contributed by atoms with Gasteiger partial charge in [-0.05, 0) is 40.0 Å².